The van der Waals surface area contributed by atoms with Gasteiger partial charge in [-0.1, -0.05) is 0 Å². The molecule has 1 unspecified atom stereocenters. The van der Waals surface area contributed by atoms with Gasteiger partial charge in [-0.2, -0.15) is 0 Å². The molecule has 0 radical (unpaired) electrons. The number of rotatable bonds is 2. The van der Waals surface area contributed by atoms with Gasteiger partial charge < -0.3 is 19.4 Å². The molecule has 1 aromatic rings. The number of hydrogen-bond donors (Lipinski definition) is 1. The van der Waals surface area contributed by atoms with Crippen molar-refractivity contribution in [3.05, 3.63) is 29.3 Å². The highest BCUT2D eigenvalue weighted by Crippen LogP contribution is 2.43. The first kappa shape index (κ1) is 24.6. The van der Waals surface area contributed by atoms with Crippen molar-refractivity contribution in [2.24, 2.45) is 5.41 Å². The van der Waals surface area contributed by atoms with Crippen LogP contribution < -0.4 is 10.2 Å². The fourth-order valence-electron chi connectivity index (χ4n) is 5.99. The Kier molecular flexibility index (Phi) is 6.21. The fourth-order valence-corrected chi connectivity index (χ4v) is 5.99. The van der Waals surface area contributed by atoms with Crippen LogP contribution in [0.3, 0.4) is 0 Å². The molecule has 5 rings (SSSR count). The Labute approximate surface area is 212 Å². The van der Waals surface area contributed by atoms with Crippen LogP contribution in [-0.4, -0.2) is 71.4 Å². The second-order valence-corrected chi connectivity index (χ2v) is 11.7. The van der Waals surface area contributed by atoms with E-state index in [1.807, 2.05) is 37.8 Å². The molecular weight excluding hydrogens is 460 g/mol. The minimum atomic E-state index is -0.590. The molecule has 0 aliphatic carbocycles. The maximum Gasteiger partial charge on any atom is 0.410 e. The largest absolute Gasteiger partial charge is 0.444 e. The third-order valence-electron chi connectivity index (χ3n) is 8.17. The van der Waals surface area contributed by atoms with Crippen molar-refractivity contribution in [3.8, 4) is 0 Å². The Morgan fingerprint density at radius 3 is 2.33 bits per heavy atom. The van der Waals surface area contributed by atoms with E-state index in [1.54, 1.807) is 4.90 Å². The standard InChI is InChI=1S/C27H36N4O5/c1-26(2,3)36-25(35)30-14-10-27(11-15-30)8-12-29(13-9-27)19-4-5-20-18(16-19)17-31(24(20)34)21-6-7-22(32)28-23(21)33/h4-5,16,21H,6-15,17H2,1-3H3,(H,28,32,33). The van der Waals surface area contributed by atoms with Crippen LogP contribution in [0.25, 0.3) is 0 Å². The lowest BCUT2D eigenvalue weighted by Crippen LogP contribution is -2.52. The Morgan fingerprint density at radius 1 is 1.03 bits per heavy atom. The molecule has 1 spiro atoms. The molecule has 4 heterocycles. The van der Waals surface area contributed by atoms with Crippen molar-refractivity contribution in [1.82, 2.24) is 15.1 Å². The second kappa shape index (κ2) is 9.09. The van der Waals surface area contributed by atoms with E-state index in [0.717, 1.165) is 63.1 Å². The number of carbonyl (C=O) groups is 4. The van der Waals surface area contributed by atoms with E-state index in [4.69, 9.17) is 4.74 Å². The molecule has 3 saturated heterocycles. The smallest absolute Gasteiger partial charge is 0.410 e. The molecule has 0 bridgehead atoms. The van der Waals surface area contributed by atoms with Crippen molar-refractivity contribution >= 4 is 29.5 Å². The van der Waals surface area contributed by atoms with Crippen LogP contribution in [0.15, 0.2) is 18.2 Å². The molecule has 9 nitrogen and oxygen atoms in total. The summed E-state index contributed by atoms with van der Waals surface area (Å²) in [6.07, 6.45) is 4.57. The van der Waals surface area contributed by atoms with Crippen LogP contribution in [0.4, 0.5) is 10.5 Å². The van der Waals surface area contributed by atoms with Crippen LogP contribution in [0, 0.1) is 5.41 Å². The van der Waals surface area contributed by atoms with E-state index >= 15 is 0 Å². The molecular formula is C27H36N4O5. The number of fused-ring (bicyclic) bond motifs is 1. The topological polar surface area (TPSA) is 99.3 Å². The summed E-state index contributed by atoms with van der Waals surface area (Å²) >= 11 is 0. The van der Waals surface area contributed by atoms with Crippen molar-refractivity contribution in [3.63, 3.8) is 0 Å². The molecule has 3 fully saturated rings. The van der Waals surface area contributed by atoms with Gasteiger partial charge in [0.2, 0.25) is 11.8 Å². The summed E-state index contributed by atoms with van der Waals surface area (Å²) in [5.74, 6) is -0.798. The van der Waals surface area contributed by atoms with E-state index in [9.17, 15) is 19.2 Å². The van der Waals surface area contributed by atoms with E-state index < -0.39 is 11.6 Å². The van der Waals surface area contributed by atoms with Crippen molar-refractivity contribution < 1.29 is 23.9 Å². The highest BCUT2D eigenvalue weighted by molar-refractivity contribution is 6.05. The number of carbonyl (C=O) groups excluding carboxylic acids is 4. The second-order valence-electron chi connectivity index (χ2n) is 11.7. The Hall–Kier alpha value is -3.10. The average molecular weight is 497 g/mol. The predicted molar refractivity (Wildman–Crippen MR) is 133 cm³/mol. The summed E-state index contributed by atoms with van der Waals surface area (Å²) in [4.78, 5) is 55.0. The Bertz CT molecular complexity index is 1080. The molecule has 4 amide bonds. The fraction of sp³-hybridized carbons (Fsp3) is 0.630. The molecule has 4 aliphatic heterocycles. The number of nitrogens with one attached hydrogen (secondary N) is 1. The van der Waals surface area contributed by atoms with Gasteiger partial charge in [-0.05, 0) is 82.1 Å². The van der Waals surface area contributed by atoms with Crippen LogP contribution >= 0.6 is 0 Å². The van der Waals surface area contributed by atoms with Gasteiger partial charge in [0.25, 0.3) is 5.91 Å². The van der Waals surface area contributed by atoms with E-state index in [1.165, 1.54) is 0 Å². The highest BCUT2D eigenvalue weighted by atomic mass is 16.6. The minimum Gasteiger partial charge on any atom is -0.444 e. The first-order chi connectivity index (χ1) is 17.0. The monoisotopic (exact) mass is 496 g/mol. The average Bonchev–Trinajstić information content (AvgIpc) is 3.14. The number of nitrogens with zero attached hydrogens (tertiary/aromatic N) is 3. The zero-order chi connectivity index (χ0) is 25.7. The lowest BCUT2D eigenvalue weighted by molar-refractivity contribution is -0.136. The number of amides is 4. The SMILES string of the molecule is CC(C)(C)OC(=O)N1CCC2(CC1)CCN(c1ccc3c(c1)CN(C1CCC(=O)NC1=O)C3=O)CC2. The molecule has 36 heavy (non-hydrogen) atoms. The van der Waals surface area contributed by atoms with Gasteiger partial charge in [0.15, 0.2) is 0 Å². The first-order valence-corrected chi connectivity index (χ1v) is 13.0. The van der Waals surface area contributed by atoms with Crippen molar-refractivity contribution in [1.29, 1.82) is 0 Å². The Balaban J connectivity index is 1.18. The van der Waals surface area contributed by atoms with Crippen LogP contribution in [0.5, 0.6) is 0 Å². The molecule has 4 aliphatic rings. The third kappa shape index (κ3) is 4.80. The summed E-state index contributed by atoms with van der Waals surface area (Å²) < 4.78 is 5.54. The summed E-state index contributed by atoms with van der Waals surface area (Å²) in [7, 11) is 0. The summed E-state index contributed by atoms with van der Waals surface area (Å²) in [6.45, 7) is 9.45. The van der Waals surface area contributed by atoms with Gasteiger partial charge in [-0.3, -0.25) is 19.7 Å². The zero-order valence-electron chi connectivity index (χ0n) is 21.5. The molecule has 0 saturated carbocycles. The van der Waals surface area contributed by atoms with Crippen LogP contribution in [-0.2, 0) is 20.9 Å². The van der Waals surface area contributed by atoms with Gasteiger partial charge in [-0.25, -0.2) is 4.79 Å². The van der Waals surface area contributed by atoms with Crippen molar-refractivity contribution in [2.75, 3.05) is 31.1 Å². The van der Waals surface area contributed by atoms with E-state index in [2.05, 4.69) is 16.3 Å². The van der Waals surface area contributed by atoms with E-state index in [-0.39, 0.29) is 35.7 Å². The third-order valence-corrected chi connectivity index (χ3v) is 8.17. The van der Waals surface area contributed by atoms with Crippen LogP contribution in [0.1, 0.15) is 75.2 Å². The van der Waals surface area contributed by atoms with Gasteiger partial charge in [0, 0.05) is 50.4 Å². The van der Waals surface area contributed by atoms with Gasteiger partial charge in [0.1, 0.15) is 11.6 Å². The maximum absolute atomic E-state index is 13.0. The number of imide groups is 1. The Morgan fingerprint density at radius 2 is 1.69 bits per heavy atom. The molecule has 194 valence electrons. The molecule has 9 heteroatoms. The number of piperidine rings is 3. The maximum atomic E-state index is 13.0. The van der Waals surface area contributed by atoms with Gasteiger partial charge >= 0.3 is 6.09 Å². The molecule has 1 N–H and O–H groups in total. The first-order valence-electron chi connectivity index (χ1n) is 13.0. The number of hydrogen-bond acceptors (Lipinski definition) is 6. The van der Waals surface area contributed by atoms with Crippen LogP contribution in [0.2, 0.25) is 0 Å². The minimum absolute atomic E-state index is 0.139. The summed E-state index contributed by atoms with van der Waals surface area (Å²) in [6, 6.07) is 5.38. The van der Waals surface area contributed by atoms with Crippen molar-refractivity contribution in [2.45, 2.75) is 77.5 Å². The summed E-state index contributed by atoms with van der Waals surface area (Å²) in [5.41, 5.74) is 2.48. The number of ether oxygens (including phenoxy) is 1. The predicted octanol–water partition coefficient (Wildman–Crippen LogP) is 3.07. The molecule has 0 aromatic heterocycles. The normalized spacial score (nSPS) is 24.1. The lowest BCUT2D eigenvalue weighted by Gasteiger charge is -2.47. The number of benzene rings is 1. The van der Waals surface area contributed by atoms with Gasteiger partial charge in [0.05, 0.1) is 0 Å². The van der Waals surface area contributed by atoms with E-state index in [0.29, 0.717) is 18.5 Å². The quantitative estimate of drug-likeness (QED) is 0.632. The summed E-state index contributed by atoms with van der Waals surface area (Å²) in [5, 5.41) is 2.35. The van der Waals surface area contributed by atoms with Gasteiger partial charge in [-0.15, -0.1) is 0 Å². The highest BCUT2D eigenvalue weighted by Gasteiger charge is 2.41. The molecule has 1 aromatic carbocycles. The number of anilines is 1. The molecule has 1 atom stereocenters. The zero-order valence-corrected chi connectivity index (χ0v) is 21.5. The lowest BCUT2D eigenvalue weighted by atomic mass is 9.71. The number of likely N-dealkylation sites (tertiary alicyclic amines) is 1.